The van der Waals surface area contributed by atoms with Crippen LogP contribution in [0, 0.1) is 6.92 Å². The van der Waals surface area contributed by atoms with Gasteiger partial charge in [0.15, 0.2) is 5.65 Å². The van der Waals surface area contributed by atoms with Gasteiger partial charge in [-0.05, 0) is 24.6 Å². The van der Waals surface area contributed by atoms with Crippen LogP contribution >= 0.6 is 0 Å². The molecule has 1 aliphatic heterocycles. The van der Waals surface area contributed by atoms with E-state index in [1.54, 1.807) is 10.7 Å². The summed E-state index contributed by atoms with van der Waals surface area (Å²) in [5.74, 6) is 0.469. The number of aromatic nitrogens is 3. The van der Waals surface area contributed by atoms with Crippen molar-refractivity contribution in [3.8, 4) is 5.75 Å². The van der Waals surface area contributed by atoms with E-state index in [-0.39, 0.29) is 5.91 Å². The summed E-state index contributed by atoms with van der Waals surface area (Å²) in [6.45, 7) is 6.80. The molecule has 3 heterocycles. The van der Waals surface area contributed by atoms with Gasteiger partial charge in [0.2, 0.25) is 0 Å². The predicted molar refractivity (Wildman–Crippen MR) is 105 cm³/mol. The number of ether oxygens (including phenoxy) is 2. The summed E-state index contributed by atoms with van der Waals surface area (Å²) in [6, 6.07) is 7.39. The molecule has 0 atom stereocenters. The van der Waals surface area contributed by atoms with Gasteiger partial charge in [0.05, 0.1) is 19.4 Å². The molecule has 2 aromatic heterocycles. The molecular weight excluding hydrogens is 358 g/mol. The van der Waals surface area contributed by atoms with Crippen LogP contribution < -0.4 is 10.1 Å². The number of rotatable bonds is 6. The quantitative estimate of drug-likeness (QED) is 0.703. The first-order valence-corrected chi connectivity index (χ1v) is 9.33. The second-order valence-electron chi connectivity index (χ2n) is 6.74. The van der Waals surface area contributed by atoms with E-state index >= 15 is 0 Å². The Balaban J connectivity index is 1.37. The smallest absolute Gasteiger partial charge is 0.261 e. The Kier molecular flexibility index (Phi) is 5.50. The van der Waals surface area contributed by atoms with Crippen molar-refractivity contribution in [1.82, 2.24) is 19.5 Å². The highest BCUT2D eigenvalue weighted by molar-refractivity contribution is 6.08. The maximum Gasteiger partial charge on any atom is 0.261 e. The van der Waals surface area contributed by atoms with E-state index in [9.17, 15) is 4.79 Å². The minimum Gasteiger partial charge on any atom is -0.492 e. The van der Waals surface area contributed by atoms with Crippen LogP contribution in [0.2, 0.25) is 0 Å². The summed E-state index contributed by atoms with van der Waals surface area (Å²) in [4.78, 5) is 19.3. The fourth-order valence-corrected chi connectivity index (χ4v) is 3.11. The number of benzene rings is 1. The molecule has 8 nitrogen and oxygen atoms in total. The van der Waals surface area contributed by atoms with Crippen molar-refractivity contribution < 1.29 is 14.3 Å². The SMILES string of the molecule is Cc1cnc2c(C(=O)Nc3cccc(OCCN4CCOCC4)c3)cnn2c1. The number of hydrogen-bond acceptors (Lipinski definition) is 6. The van der Waals surface area contributed by atoms with Crippen molar-refractivity contribution in [2.24, 2.45) is 0 Å². The van der Waals surface area contributed by atoms with Crippen LogP contribution in [0.4, 0.5) is 5.69 Å². The topological polar surface area (TPSA) is 81.0 Å². The predicted octanol–water partition coefficient (Wildman–Crippen LogP) is 2.00. The first-order chi connectivity index (χ1) is 13.7. The number of aryl methyl sites for hydroxylation is 1. The second kappa shape index (κ2) is 8.37. The average Bonchev–Trinajstić information content (AvgIpc) is 3.12. The van der Waals surface area contributed by atoms with Gasteiger partial charge in [-0.15, -0.1) is 0 Å². The molecule has 1 amide bonds. The van der Waals surface area contributed by atoms with Gasteiger partial charge in [-0.3, -0.25) is 9.69 Å². The molecule has 1 aromatic carbocycles. The molecule has 1 aliphatic rings. The number of hydrogen-bond donors (Lipinski definition) is 1. The van der Waals surface area contributed by atoms with Gasteiger partial charge < -0.3 is 14.8 Å². The van der Waals surface area contributed by atoms with Gasteiger partial charge in [0.25, 0.3) is 5.91 Å². The molecule has 28 heavy (non-hydrogen) atoms. The lowest BCUT2D eigenvalue weighted by molar-refractivity contribution is 0.0322. The maximum absolute atomic E-state index is 12.6. The number of fused-ring (bicyclic) bond motifs is 1. The normalized spacial score (nSPS) is 14.9. The van der Waals surface area contributed by atoms with Crippen LogP contribution in [0.5, 0.6) is 5.75 Å². The van der Waals surface area contributed by atoms with E-state index in [1.807, 2.05) is 37.4 Å². The third-order valence-corrected chi connectivity index (χ3v) is 4.60. The molecule has 4 rings (SSSR count). The molecule has 0 unspecified atom stereocenters. The molecule has 8 heteroatoms. The number of amides is 1. The summed E-state index contributed by atoms with van der Waals surface area (Å²) in [5.41, 5.74) is 2.60. The average molecular weight is 381 g/mol. The van der Waals surface area contributed by atoms with Crippen molar-refractivity contribution in [2.45, 2.75) is 6.92 Å². The second-order valence-corrected chi connectivity index (χ2v) is 6.74. The van der Waals surface area contributed by atoms with Crippen LogP contribution in [-0.4, -0.2) is 64.9 Å². The van der Waals surface area contributed by atoms with Gasteiger partial charge in [0, 0.05) is 43.8 Å². The molecule has 0 spiro atoms. The molecular formula is C20H23N5O3. The molecule has 3 aromatic rings. The molecule has 0 bridgehead atoms. The first kappa shape index (κ1) is 18.4. The molecule has 0 saturated carbocycles. The van der Waals surface area contributed by atoms with E-state index in [1.165, 1.54) is 6.20 Å². The van der Waals surface area contributed by atoms with Crippen LogP contribution in [0.25, 0.3) is 5.65 Å². The highest BCUT2D eigenvalue weighted by atomic mass is 16.5. The molecule has 0 radical (unpaired) electrons. The minimum absolute atomic E-state index is 0.253. The Labute approximate surface area is 163 Å². The van der Waals surface area contributed by atoms with E-state index in [0.717, 1.165) is 44.2 Å². The lowest BCUT2D eigenvalue weighted by Gasteiger charge is -2.26. The zero-order valence-electron chi connectivity index (χ0n) is 15.8. The van der Waals surface area contributed by atoms with Crippen LogP contribution in [-0.2, 0) is 4.74 Å². The Morgan fingerprint density at radius 2 is 2.14 bits per heavy atom. The van der Waals surface area contributed by atoms with Crippen molar-refractivity contribution in [1.29, 1.82) is 0 Å². The van der Waals surface area contributed by atoms with Crippen molar-refractivity contribution in [3.05, 3.63) is 54.0 Å². The summed E-state index contributed by atoms with van der Waals surface area (Å²) in [5, 5.41) is 7.09. The van der Waals surface area contributed by atoms with Gasteiger partial charge in [-0.25, -0.2) is 9.50 Å². The fourth-order valence-electron chi connectivity index (χ4n) is 3.11. The number of anilines is 1. The summed E-state index contributed by atoms with van der Waals surface area (Å²) in [6.07, 6.45) is 5.08. The summed E-state index contributed by atoms with van der Waals surface area (Å²) < 4.78 is 12.8. The first-order valence-electron chi connectivity index (χ1n) is 9.33. The molecule has 1 fully saturated rings. The molecule has 146 valence electrons. The Bertz CT molecular complexity index is 965. The molecule has 0 aliphatic carbocycles. The number of carbonyl (C=O) groups is 1. The van der Waals surface area contributed by atoms with Crippen LogP contribution in [0.3, 0.4) is 0 Å². The summed E-state index contributed by atoms with van der Waals surface area (Å²) >= 11 is 0. The molecule has 1 saturated heterocycles. The monoisotopic (exact) mass is 381 g/mol. The van der Waals surface area contributed by atoms with Gasteiger partial charge >= 0.3 is 0 Å². The zero-order chi connectivity index (χ0) is 19.3. The number of nitrogens with zero attached hydrogens (tertiary/aromatic N) is 4. The fraction of sp³-hybridized carbons (Fsp3) is 0.350. The third-order valence-electron chi connectivity index (χ3n) is 4.60. The zero-order valence-corrected chi connectivity index (χ0v) is 15.8. The van der Waals surface area contributed by atoms with Gasteiger partial charge in [0.1, 0.15) is 17.9 Å². The van der Waals surface area contributed by atoms with E-state index in [0.29, 0.717) is 23.5 Å². The van der Waals surface area contributed by atoms with E-state index < -0.39 is 0 Å². The third kappa shape index (κ3) is 4.29. The highest BCUT2D eigenvalue weighted by Gasteiger charge is 2.15. The van der Waals surface area contributed by atoms with Crippen molar-refractivity contribution in [2.75, 3.05) is 44.8 Å². The lowest BCUT2D eigenvalue weighted by atomic mass is 10.2. The van der Waals surface area contributed by atoms with Crippen LogP contribution in [0.15, 0.2) is 42.9 Å². The number of morpholine rings is 1. The maximum atomic E-state index is 12.6. The lowest BCUT2D eigenvalue weighted by Crippen LogP contribution is -2.38. The Morgan fingerprint density at radius 1 is 1.29 bits per heavy atom. The van der Waals surface area contributed by atoms with Crippen molar-refractivity contribution in [3.63, 3.8) is 0 Å². The minimum atomic E-state index is -0.253. The Morgan fingerprint density at radius 3 is 3.00 bits per heavy atom. The number of carbonyl (C=O) groups excluding carboxylic acids is 1. The van der Waals surface area contributed by atoms with Gasteiger partial charge in [-0.1, -0.05) is 6.07 Å². The standard InChI is InChI=1S/C20H23N5O3/c1-15-12-21-19-18(13-22-25(19)14-15)20(26)23-16-3-2-4-17(11-16)28-10-7-24-5-8-27-9-6-24/h2-4,11-14H,5-10H2,1H3,(H,23,26). The summed E-state index contributed by atoms with van der Waals surface area (Å²) in [7, 11) is 0. The largest absolute Gasteiger partial charge is 0.492 e. The van der Waals surface area contributed by atoms with E-state index in [4.69, 9.17) is 9.47 Å². The Hall–Kier alpha value is -2.97. The highest BCUT2D eigenvalue weighted by Crippen LogP contribution is 2.19. The van der Waals surface area contributed by atoms with Gasteiger partial charge in [-0.2, -0.15) is 5.10 Å². The number of nitrogens with one attached hydrogen (secondary N) is 1. The molecule has 1 N–H and O–H groups in total. The van der Waals surface area contributed by atoms with Crippen molar-refractivity contribution >= 4 is 17.2 Å². The van der Waals surface area contributed by atoms with Crippen LogP contribution in [0.1, 0.15) is 15.9 Å². The van der Waals surface area contributed by atoms with E-state index in [2.05, 4.69) is 20.3 Å².